The number of benzene rings is 1. The maximum atomic E-state index is 12.9. The Balaban J connectivity index is 1.54. The summed E-state index contributed by atoms with van der Waals surface area (Å²) >= 11 is 0. The molecular formula is C21H23N3O2. The van der Waals surface area contributed by atoms with Gasteiger partial charge in [-0.25, -0.2) is 0 Å². The fourth-order valence-electron chi connectivity index (χ4n) is 3.96. The van der Waals surface area contributed by atoms with Gasteiger partial charge in [0.15, 0.2) is 0 Å². The van der Waals surface area contributed by atoms with E-state index >= 15 is 0 Å². The molecule has 0 saturated carbocycles. The molecule has 0 aliphatic carbocycles. The average Bonchev–Trinajstić information content (AvgIpc) is 2.95. The minimum absolute atomic E-state index is 0.0226. The molecule has 5 heteroatoms. The first-order valence-electron chi connectivity index (χ1n) is 9.18. The summed E-state index contributed by atoms with van der Waals surface area (Å²) in [4.78, 5) is 34.0. The molecule has 2 amide bonds. The Morgan fingerprint density at radius 1 is 1.12 bits per heavy atom. The van der Waals surface area contributed by atoms with Gasteiger partial charge in [0.05, 0.1) is 18.2 Å². The van der Waals surface area contributed by atoms with E-state index in [0.717, 1.165) is 24.1 Å². The molecule has 3 aliphatic heterocycles. The smallest absolute Gasteiger partial charge is 0.253 e. The molecule has 0 N–H and O–H groups in total. The van der Waals surface area contributed by atoms with Gasteiger partial charge in [-0.05, 0) is 44.0 Å². The molecule has 0 spiro atoms. The molecule has 2 aromatic rings. The Labute approximate surface area is 153 Å². The van der Waals surface area contributed by atoms with Crippen LogP contribution in [-0.2, 0) is 11.3 Å². The summed E-state index contributed by atoms with van der Waals surface area (Å²) in [5, 5.41) is 0. The molecule has 134 valence electrons. The number of amides is 2. The van der Waals surface area contributed by atoms with Crippen molar-refractivity contribution in [2.24, 2.45) is 5.92 Å². The zero-order valence-corrected chi connectivity index (χ0v) is 15.0. The van der Waals surface area contributed by atoms with E-state index in [0.29, 0.717) is 25.2 Å². The average molecular weight is 349 g/mol. The number of aromatic nitrogens is 1. The molecule has 2 atom stereocenters. The number of rotatable bonds is 3. The SMILES string of the molecule is Cc1ccc(C(=O)N2CC3CCC(C2)N(Cc2ccccn2)C3=O)cc1. The van der Waals surface area contributed by atoms with Crippen molar-refractivity contribution < 1.29 is 9.59 Å². The van der Waals surface area contributed by atoms with Gasteiger partial charge >= 0.3 is 0 Å². The molecule has 3 fully saturated rings. The van der Waals surface area contributed by atoms with Crippen LogP contribution in [-0.4, -0.2) is 45.7 Å². The Hall–Kier alpha value is -2.69. The number of hydrogen-bond donors (Lipinski definition) is 0. The van der Waals surface area contributed by atoms with Crippen LogP contribution in [0.15, 0.2) is 48.7 Å². The van der Waals surface area contributed by atoms with Crippen molar-refractivity contribution in [3.05, 3.63) is 65.5 Å². The van der Waals surface area contributed by atoms with Gasteiger partial charge in [0.25, 0.3) is 5.91 Å². The molecule has 1 aromatic carbocycles. The monoisotopic (exact) mass is 349 g/mol. The lowest BCUT2D eigenvalue weighted by molar-refractivity contribution is -0.140. The summed E-state index contributed by atoms with van der Waals surface area (Å²) < 4.78 is 0. The third kappa shape index (κ3) is 3.21. The van der Waals surface area contributed by atoms with Crippen LogP contribution in [0.1, 0.15) is 34.5 Å². The van der Waals surface area contributed by atoms with Gasteiger partial charge in [0, 0.05) is 30.9 Å². The minimum atomic E-state index is -0.105. The van der Waals surface area contributed by atoms with Crippen LogP contribution in [0.4, 0.5) is 0 Å². The van der Waals surface area contributed by atoms with Crippen molar-refractivity contribution in [3.63, 3.8) is 0 Å². The van der Waals surface area contributed by atoms with Gasteiger partial charge in [0.1, 0.15) is 0 Å². The third-order valence-electron chi connectivity index (χ3n) is 5.44. The maximum absolute atomic E-state index is 12.9. The normalized spacial score (nSPS) is 22.4. The summed E-state index contributed by atoms with van der Waals surface area (Å²) in [6.07, 6.45) is 3.56. The van der Waals surface area contributed by atoms with Crippen LogP contribution < -0.4 is 0 Å². The summed E-state index contributed by atoms with van der Waals surface area (Å²) in [7, 11) is 0. The molecule has 0 radical (unpaired) electrons. The Bertz CT molecular complexity index is 804. The van der Waals surface area contributed by atoms with Crippen LogP contribution in [0.25, 0.3) is 0 Å². The number of nitrogens with zero attached hydrogens (tertiary/aromatic N) is 3. The number of pyridine rings is 1. The van der Waals surface area contributed by atoms with Crippen molar-refractivity contribution in [2.45, 2.75) is 32.4 Å². The van der Waals surface area contributed by atoms with E-state index in [-0.39, 0.29) is 23.8 Å². The molecule has 5 nitrogen and oxygen atoms in total. The van der Waals surface area contributed by atoms with E-state index < -0.39 is 0 Å². The van der Waals surface area contributed by atoms with Crippen molar-refractivity contribution in [3.8, 4) is 0 Å². The Morgan fingerprint density at radius 3 is 2.65 bits per heavy atom. The molecule has 4 heterocycles. The topological polar surface area (TPSA) is 53.5 Å². The summed E-state index contributed by atoms with van der Waals surface area (Å²) in [6.45, 7) is 3.64. The molecule has 26 heavy (non-hydrogen) atoms. The highest BCUT2D eigenvalue weighted by atomic mass is 16.2. The zero-order valence-electron chi connectivity index (χ0n) is 15.0. The largest absolute Gasteiger partial charge is 0.336 e. The Kier molecular flexibility index (Phi) is 4.45. The van der Waals surface area contributed by atoms with Crippen LogP contribution in [0, 0.1) is 12.8 Å². The first kappa shape index (κ1) is 16.8. The Morgan fingerprint density at radius 2 is 1.92 bits per heavy atom. The number of hydrogen-bond acceptors (Lipinski definition) is 3. The van der Waals surface area contributed by atoms with Crippen molar-refractivity contribution in [1.82, 2.24) is 14.8 Å². The molecule has 3 aliphatic rings. The lowest BCUT2D eigenvalue weighted by atomic mass is 9.94. The van der Waals surface area contributed by atoms with Gasteiger partial charge in [0.2, 0.25) is 5.91 Å². The lowest BCUT2D eigenvalue weighted by Gasteiger charge is -2.35. The van der Waals surface area contributed by atoms with Crippen molar-refractivity contribution in [2.75, 3.05) is 13.1 Å². The van der Waals surface area contributed by atoms with Crippen LogP contribution in [0.2, 0.25) is 0 Å². The molecule has 3 saturated heterocycles. The summed E-state index contributed by atoms with van der Waals surface area (Å²) in [5.41, 5.74) is 2.72. The van der Waals surface area contributed by atoms with E-state index in [1.807, 2.05) is 59.2 Å². The number of fused-ring (bicyclic) bond motifs is 4. The van der Waals surface area contributed by atoms with Crippen LogP contribution in [0.5, 0.6) is 0 Å². The first-order valence-corrected chi connectivity index (χ1v) is 9.18. The van der Waals surface area contributed by atoms with E-state index in [9.17, 15) is 9.59 Å². The molecule has 2 bridgehead atoms. The third-order valence-corrected chi connectivity index (χ3v) is 5.44. The van der Waals surface area contributed by atoms with E-state index in [1.54, 1.807) is 6.20 Å². The number of carbonyl (C=O) groups excluding carboxylic acids is 2. The second-order valence-electron chi connectivity index (χ2n) is 7.29. The highest BCUT2D eigenvalue weighted by Gasteiger charge is 2.42. The molecule has 1 aromatic heterocycles. The van der Waals surface area contributed by atoms with Crippen LogP contribution in [0.3, 0.4) is 0 Å². The predicted octanol–water partition coefficient (Wildman–Crippen LogP) is 2.65. The van der Waals surface area contributed by atoms with Gasteiger partial charge in [-0.2, -0.15) is 0 Å². The predicted molar refractivity (Wildman–Crippen MR) is 98.4 cm³/mol. The maximum Gasteiger partial charge on any atom is 0.253 e. The molecule has 5 rings (SSSR count). The van der Waals surface area contributed by atoms with E-state index in [4.69, 9.17) is 0 Å². The van der Waals surface area contributed by atoms with Gasteiger partial charge < -0.3 is 9.80 Å². The van der Waals surface area contributed by atoms with Gasteiger partial charge in [-0.3, -0.25) is 14.6 Å². The summed E-state index contributed by atoms with van der Waals surface area (Å²) in [5.74, 6) is 0.0763. The highest BCUT2D eigenvalue weighted by molar-refractivity contribution is 5.95. The standard InChI is InChI=1S/C21H23N3O2/c1-15-5-7-16(8-6-15)20(25)23-12-17-9-10-19(14-23)24(21(17)26)13-18-4-2-3-11-22-18/h2-8,11,17,19H,9-10,12-14H2,1H3. The fourth-order valence-corrected chi connectivity index (χ4v) is 3.96. The first-order chi connectivity index (χ1) is 12.6. The van der Waals surface area contributed by atoms with E-state index in [1.165, 1.54) is 0 Å². The molecular weight excluding hydrogens is 326 g/mol. The zero-order chi connectivity index (χ0) is 18.1. The van der Waals surface area contributed by atoms with E-state index in [2.05, 4.69) is 4.98 Å². The quantitative estimate of drug-likeness (QED) is 0.856. The minimum Gasteiger partial charge on any atom is -0.336 e. The van der Waals surface area contributed by atoms with Crippen LogP contribution >= 0.6 is 0 Å². The second-order valence-corrected chi connectivity index (χ2v) is 7.29. The number of aryl methyl sites for hydroxylation is 1. The lowest BCUT2D eigenvalue weighted by Crippen LogP contribution is -2.47. The number of piperidine rings is 1. The highest BCUT2D eigenvalue weighted by Crippen LogP contribution is 2.30. The van der Waals surface area contributed by atoms with Gasteiger partial charge in [-0.1, -0.05) is 23.8 Å². The molecule has 2 unspecified atom stereocenters. The van der Waals surface area contributed by atoms with Gasteiger partial charge in [-0.15, -0.1) is 0 Å². The number of carbonyl (C=O) groups is 2. The fraction of sp³-hybridized carbons (Fsp3) is 0.381. The second kappa shape index (κ2) is 6.90. The summed E-state index contributed by atoms with van der Waals surface area (Å²) in [6, 6.07) is 13.5. The van der Waals surface area contributed by atoms with Crippen molar-refractivity contribution in [1.29, 1.82) is 0 Å². The van der Waals surface area contributed by atoms with Crippen molar-refractivity contribution >= 4 is 11.8 Å².